The van der Waals surface area contributed by atoms with Gasteiger partial charge in [0.15, 0.2) is 0 Å². The van der Waals surface area contributed by atoms with Crippen LogP contribution in [0.4, 0.5) is 19.0 Å². The molecule has 0 aliphatic heterocycles. The number of halogens is 3. The molecule has 0 aliphatic rings. The van der Waals surface area contributed by atoms with Crippen LogP contribution in [0.1, 0.15) is 5.56 Å². The Labute approximate surface area is 120 Å². The van der Waals surface area contributed by atoms with E-state index in [1.54, 1.807) is 18.2 Å². The molecular weight excluding hydrogens is 283 g/mol. The summed E-state index contributed by atoms with van der Waals surface area (Å²) in [4.78, 5) is 5.29. The van der Waals surface area contributed by atoms with Crippen LogP contribution in [-0.4, -0.2) is 36.0 Å². The molecule has 1 heterocycles. The monoisotopic (exact) mass is 299 g/mol. The number of fused-ring (bicyclic) bond motifs is 1. The van der Waals surface area contributed by atoms with E-state index < -0.39 is 19.3 Å². The van der Waals surface area contributed by atoms with Gasteiger partial charge in [0.05, 0.1) is 12.1 Å². The molecule has 4 nitrogen and oxygen atoms in total. The molecule has 0 saturated carbocycles. The molecule has 2 rings (SSSR count). The number of benzene rings is 1. The van der Waals surface area contributed by atoms with E-state index in [1.165, 1.54) is 0 Å². The number of anilines is 1. The topological polar surface area (TPSA) is 62.4 Å². The Bertz CT molecular complexity index is 616. The Morgan fingerprint density at radius 1 is 1.24 bits per heavy atom. The van der Waals surface area contributed by atoms with Gasteiger partial charge in [-0.15, -0.1) is 0 Å². The standard InChI is InChI=1S/C14H16F3N3O/c15-14(16,17)9-20(5-6-21)13-11(8-18)7-10-3-1-2-4-12(10)19-13/h1-4,7,21H,5-6,8-9,18H2. The molecule has 0 atom stereocenters. The lowest BCUT2D eigenvalue weighted by atomic mass is 10.1. The summed E-state index contributed by atoms with van der Waals surface area (Å²) in [7, 11) is 0. The Kier molecular flexibility index (Phi) is 4.64. The van der Waals surface area contributed by atoms with Crippen molar-refractivity contribution in [1.82, 2.24) is 4.98 Å². The number of rotatable bonds is 5. The average molecular weight is 299 g/mol. The van der Waals surface area contributed by atoms with Crippen LogP contribution >= 0.6 is 0 Å². The SMILES string of the molecule is NCc1cc2ccccc2nc1N(CCO)CC(F)(F)F. The zero-order valence-corrected chi connectivity index (χ0v) is 11.3. The Hall–Kier alpha value is -1.86. The summed E-state index contributed by atoms with van der Waals surface area (Å²) in [5.74, 6) is 0.169. The van der Waals surface area contributed by atoms with Crippen molar-refractivity contribution in [2.75, 3.05) is 24.6 Å². The Morgan fingerprint density at radius 3 is 2.57 bits per heavy atom. The van der Waals surface area contributed by atoms with Gasteiger partial charge in [-0.1, -0.05) is 18.2 Å². The molecule has 0 saturated heterocycles. The summed E-state index contributed by atoms with van der Waals surface area (Å²) in [5, 5.41) is 9.82. The van der Waals surface area contributed by atoms with Crippen molar-refractivity contribution in [3.05, 3.63) is 35.9 Å². The van der Waals surface area contributed by atoms with Gasteiger partial charge in [0.2, 0.25) is 0 Å². The third-order valence-electron chi connectivity index (χ3n) is 3.04. The first kappa shape index (κ1) is 15.5. The van der Waals surface area contributed by atoms with Gasteiger partial charge in [-0.05, 0) is 12.1 Å². The smallest absolute Gasteiger partial charge is 0.395 e. The summed E-state index contributed by atoms with van der Waals surface area (Å²) in [6.45, 7) is -1.65. The maximum atomic E-state index is 12.7. The molecule has 0 unspecified atom stereocenters. The van der Waals surface area contributed by atoms with Gasteiger partial charge in [-0.3, -0.25) is 0 Å². The summed E-state index contributed by atoms with van der Waals surface area (Å²) < 4.78 is 38.0. The summed E-state index contributed by atoms with van der Waals surface area (Å²) in [6, 6.07) is 8.88. The molecule has 0 bridgehead atoms. The fourth-order valence-electron chi connectivity index (χ4n) is 2.17. The van der Waals surface area contributed by atoms with Gasteiger partial charge >= 0.3 is 6.18 Å². The van der Waals surface area contributed by atoms with E-state index >= 15 is 0 Å². The van der Waals surface area contributed by atoms with Crippen LogP contribution in [0.3, 0.4) is 0 Å². The summed E-state index contributed by atoms with van der Waals surface area (Å²) in [6.07, 6.45) is -4.38. The first-order valence-electron chi connectivity index (χ1n) is 6.46. The zero-order valence-electron chi connectivity index (χ0n) is 11.3. The molecule has 2 aromatic rings. The second-order valence-corrected chi connectivity index (χ2v) is 4.63. The first-order valence-corrected chi connectivity index (χ1v) is 6.46. The number of para-hydroxylation sites is 1. The number of hydrogen-bond donors (Lipinski definition) is 2. The number of hydrogen-bond acceptors (Lipinski definition) is 4. The lowest BCUT2D eigenvalue weighted by Gasteiger charge is -2.26. The largest absolute Gasteiger partial charge is 0.405 e. The van der Waals surface area contributed by atoms with E-state index in [9.17, 15) is 13.2 Å². The number of nitrogens with zero attached hydrogens (tertiary/aromatic N) is 2. The van der Waals surface area contributed by atoms with Gasteiger partial charge < -0.3 is 15.7 Å². The number of nitrogens with two attached hydrogens (primary N) is 1. The quantitative estimate of drug-likeness (QED) is 0.887. The van der Waals surface area contributed by atoms with E-state index in [0.29, 0.717) is 11.1 Å². The third kappa shape index (κ3) is 3.83. The van der Waals surface area contributed by atoms with E-state index in [2.05, 4.69) is 4.98 Å². The van der Waals surface area contributed by atoms with Crippen molar-refractivity contribution >= 4 is 16.7 Å². The molecule has 1 aromatic heterocycles. The highest BCUT2D eigenvalue weighted by molar-refractivity contribution is 5.81. The highest BCUT2D eigenvalue weighted by atomic mass is 19.4. The van der Waals surface area contributed by atoms with Crippen molar-refractivity contribution in [1.29, 1.82) is 0 Å². The van der Waals surface area contributed by atoms with Crippen molar-refractivity contribution < 1.29 is 18.3 Å². The van der Waals surface area contributed by atoms with Crippen LogP contribution in [0.15, 0.2) is 30.3 Å². The minimum Gasteiger partial charge on any atom is -0.395 e. The molecule has 114 valence electrons. The maximum absolute atomic E-state index is 12.7. The number of aromatic nitrogens is 1. The van der Waals surface area contributed by atoms with Crippen LogP contribution in [0, 0.1) is 0 Å². The van der Waals surface area contributed by atoms with Crippen LogP contribution in [0.5, 0.6) is 0 Å². The lowest BCUT2D eigenvalue weighted by molar-refractivity contribution is -0.120. The highest BCUT2D eigenvalue weighted by Gasteiger charge is 2.32. The fraction of sp³-hybridized carbons (Fsp3) is 0.357. The van der Waals surface area contributed by atoms with Crippen molar-refractivity contribution in [2.24, 2.45) is 5.73 Å². The van der Waals surface area contributed by atoms with Crippen LogP contribution in [-0.2, 0) is 6.54 Å². The van der Waals surface area contributed by atoms with Crippen molar-refractivity contribution in [3.63, 3.8) is 0 Å². The maximum Gasteiger partial charge on any atom is 0.405 e. The van der Waals surface area contributed by atoms with E-state index in [-0.39, 0.29) is 18.9 Å². The second-order valence-electron chi connectivity index (χ2n) is 4.63. The van der Waals surface area contributed by atoms with Crippen LogP contribution < -0.4 is 10.6 Å². The third-order valence-corrected chi connectivity index (χ3v) is 3.04. The summed E-state index contributed by atoms with van der Waals surface area (Å²) >= 11 is 0. The van der Waals surface area contributed by atoms with E-state index in [4.69, 9.17) is 10.8 Å². The predicted octanol–water partition coefficient (Wildman–Crippen LogP) is 2.05. The average Bonchev–Trinajstić information content (AvgIpc) is 2.44. The Balaban J connectivity index is 2.49. The van der Waals surface area contributed by atoms with E-state index in [0.717, 1.165) is 10.3 Å². The first-order chi connectivity index (χ1) is 9.94. The van der Waals surface area contributed by atoms with Crippen LogP contribution in [0.2, 0.25) is 0 Å². The molecule has 0 fully saturated rings. The molecule has 1 aromatic carbocycles. The normalized spacial score (nSPS) is 11.9. The van der Waals surface area contributed by atoms with Crippen LogP contribution in [0.25, 0.3) is 10.9 Å². The van der Waals surface area contributed by atoms with Gasteiger partial charge in [-0.25, -0.2) is 4.98 Å². The van der Waals surface area contributed by atoms with Crippen molar-refractivity contribution in [2.45, 2.75) is 12.7 Å². The Morgan fingerprint density at radius 2 is 1.95 bits per heavy atom. The molecule has 7 heteroatoms. The minimum absolute atomic E-state index is 0.0763. The van der Waals surface area contributed by atoms with Gasteiger partial charge in [0.25, 0.3) is 0 Å². The second kappa shape index (κ2) is 6.28. The van der Waals surface area contributed by atoms with E-state index in [1.807, 2.05) is 12.1 Å². The molecule has 0 radical (unpaired) electrons. The minimum atomic E-state index is -4.38. The number of alkyl halides is 3. The molecule has 0 aliphatic carbocycles. The number of aliphatic hydroxyl groups is 1. The highest BCUT2D eigenvalue weighted by Crippen LogP contribution is 2.26. The zero-order chi connectivity index (χ0) is 15.5. The number of aliphatic hydroxyl groups excluding tert-OH is 1. The lowest BCUT2D eigenvalue weighted by Crippen LogP contribution is -2.37. The molecular formula is C14H16F3N3O. The number of pyridine rings is 1. The molecule has 0 amide bonds. The molecule has 0 spiro atoms. The van der Waals surface area contributed by atoms with Crippen molar-refractivity contribution in [3.8, 4) is 0 Å². The molecule has 3 N–H and O–H groups in total. The fourth-order valence-corrected chi connectivity index (χ4v) is 2.17. The van der Waals surface area contributed by atoms with Gasteiger partial charge in [0, 0.05) is 24.0 Å². The van der Waals surface area contributed by atoms with Gasteiger partial charge in [0.1, 0.15) is 12.4 Å². The predicted molar refractivity (Wildman–Crippen MR) is 75.0 cm³/mol. The van der Waals surface area contributed by atoms with Gasteiger partial charge in [-0.2, -0.15) is 13.2 Å². The molecule has 21 heavy (non-hydrogen) atoms. The summed E-state index contributed by atoms with van der Waals surface area (Å²) in [5.41, 5.74) is 6.74.